The first-order chi connectivity index (χ1) is 11.2. The molecule has 0 aromatic heterocycles. The minimum Gasteiger partial charge on any atom is -0.480 e. The number of nitrogens with one attached hydrogen (secondary N) is 1. The highest BCUT2D eigenvalue weighted by Crippen LogP contribution is 2.06. The van der Waals surface area contributed by atoms with E-state index in [0.717, 1.165) is 5.56 Å². The zero-order chi connectivity index (χ0) is 18.2. The first kappa shape index (κ1) is 20.0. The van der Waals surface area contributed by atoms with Crippen molar-refractivity contribution in [2.75, 3.05) is 11.5 Å². The van der Waals surface area contributed by atoms with E-state index < -0.39 is 46.4 Å². The lowest BCUT2D eigenvalue weighted by atomic mass is 10.1. The maximum Gasteiger partial charge on any atom is 0.326 e. The van der Waals surface area contributed by atoms with Crippen LogP contribution >= 0.6 is 0 Å². The Labute approximate surface area is 138 Å². The van der Waals surface area contributed by atoms with Crippen LogP contribution in [0, 0.1) is 0 Å². The van der Waals surface area contributed by atoms with E-state index in [9.17, 15) is 26.8 Å². The highest BCUT2D eigenvalue weighted by molar-refractivity contribution is 7.92. The van der Waals surface area contributed by atoms with Gasteiger partial charge in [-0.25, -0.2) is 22.0 Å². The number of benzene rings is 1. The molecule has 134 valence electrons. The van der Waals surface area contributed by atoms with Crippen molar-refractivity contribution in [2.45, 2.75) is 31.7 Å². The summed E-state index contributed by atoms with van der Waals surface area (Å²) < 4.78 is 48.2. The fourth-order valence-electron chi connectivity index (χ4n) is 2.05. The summed E-state index contributed by atoms with van der Waals surface area (Å²) in [4.78, 5) is 22.4. The van der Waals surface area contributed by atoms with Crippen LogP contribution < -0.4 is 5.32 Å². The smallest absolute Gasteiger partial charge is 0.326 e. The van der Waals surface area contributed by atoms with Crippen LogP contribution in [0.1, 0.15) is 18.4 Å². The molecule has 6 nitrogen and oxygen atoms in total. The number of rotatable bonds is 10. The second kappa shape index (κ2) is 9.31. The van der Waals surface area contributed by atoms with Crippen molar-refractivity contribution in [1.82, 2.24) is 5.32 Å². The second-order valence-electron chi connectivity index (χ2n) is 5.27. The Morgan fingerprint density at radius 2 is 1.79 bits per heavy atom. The number of carboxylic acid groups (broad SMARTS) is 1. The summed E-state index contributed by atoms with van der Waals surface area (Å²) in [6, 6.07) is 7.38. The van der Waals surface area contributed by atoms with Crippen LogP contribution in [0.3, 0.4) is 0 Å². The Morgan fingerprint density at radius 1 is 1.17 bits per heavy atom. The minimum absolute atomic E-state index is 0.248. The van der Waals surface area contributed by atoms with Crippen LogP contribution in [0.25, 0.3) is 0 Å². The van der Waals surface area contributed by atoms with Crippen molar-refractivity contribution in [3.05, 3.63) is 35.9 Å². The molecule has 0 spiro atoms. The third-order valence-electron chi connectivity index (χ3n) is 3.16. The quantitative estimate of drug-likeness (QED) is 0.652. The van der Waals surface area contributed by atoms with Crippen LogP contribution in [-0.4, -0.2) is 49.4 Å². The van der Waals surface area contributed by atoms with Gasteiger partial charge in [-0.15, -0.1) is 0 Å². The van der Waals surface area contributed by atoms with Crippen LogP contribution in [-0.2, 0) is 25.8 Å². The number of hydrogen-bond acceptors (Lipinski definition) is 4. The van der Waals surface area contributed by atoms with Gasteiger partial charge in [0.25, 0.3) is 0 Å². The number of halogens is 2. The van der Waals surface area contributed by atoms with Crippen molar-refractivity contribution in [2.24, 2.45) is 0 Å². The number of carboxylic acids is 1. The number of sulfone groups is 1. The summed E-state index contributed by atoms with van der Waals surface area (Å²) >= 11 is 0. The molecule has 9 heteroatoms. The van der Waals surface area contributed by atoms with E-state index in [0.29, 0.717) is 12.8 Å². The number of alkyl halides is 2. The predicted octanol–water partition coefficient (Wildman–Crippen LogP) is 1.26. The molecule has 0 heterocycles. The maximum atomic E-state index is 12.2. The highest BCUT2D eigenvalue weighted by Gasteiger charge is 2.26. The summed E-state index contributed by atoms with van der Waals surface area (Å²) in [5.41, 5.74) is 0.958. The third-order valence-corrected chi connectivity index (χ3v) is 4.77. The molecule has 1 unspecified atom stereocenters. The largest absolute Gasteiger partial charge is 0.480 e. The van der Waals surface area contributed by atoms with E-state index in [1.807, 2.05) is 35.6 Å². The zero-order valence-corrected chi connectivity index (χ0v) is 13.6. The summed E-state index contributed by atoms with van der Waals surface area (Å²) in [5.74, 6) is -3.90. The molecule has 0 bridgehead atoms. The zero-order valence-electron chi connectivity index (χ0n) is 12.8. The molecule has 1 atom stereocenters. The first-order valence-corrected chi connectivity index (χ1v) is 9.06. The number of hydrogen-bond donors (Lipinski definition) is 2. The lowest BCUT2D eigenvalue weighted by Crippen LogP contribution is -2.44. The molecule has 1 rings (SSSR count). The van der Waals surface area contributed by atoms with Gasteiger partial charge in [-0.05, 0) is 18.4 Å². The molecular formula is C15H19F2NO5S. The van der Waals surface area contributed by atoms with Gasteiger partial charge in [0, 0.05) is 6.42 Å². The van der Waals surface area contributed by atoms with Crippen LogP contribution in [0.15, 0.2) is 30.3 Å². The summed E-state index contributed by atoms with van der Waals surface area (Å²) in [6.07, 6.45) is -3.17. The van der Waals surface area contributed by atoms with Gasteiger partial charge in [0.15, 0.2) is 9.84 Å². The van der Waals surface area contributed by atoms with Gasteiger partial charge >= 0.3 is 5.97 Å². The average Bonchev–Trinajstić information content (AvgIpc) is 2.46. The fraction of sp³-hybridized carbons (Fsp3) is 0.467. The Kier molecular flexibility index (Phi) is 7.76. The molecule has 0 saturated carbocycles. The van der Waals surface area contributed by atoms with Gasteiger partial charge < -0.3 is 10.4 Å². The molecule has 24 heavy (non-hydrogen) atoms. The summed E-state index contributed by atoms with van der Waals surface area (Å²) in [5, 5.41) is 10.6. The Hall–Kier alpha value is -2.03. The molecular weight excluding hydrogens is 344 g/mol. The Morgan fingerprint density at radius 3 is 2.33 bits per heavy atom. The number of carbonyl (C=O) groups is 2. The van der Waals surface area contributed by atoms with Crippen LogP contribution in [0.5, 0.6) is 0 Å². The average molecular weight is 363 g/mol. The third kappa shape index (κ3) is 8.00. The van der Waals surface area contributed by atoms with E-state index in [1.54, 1.807) is 0 Å². The lowest BCUT2D eigenvalue weighted by Gasteiger charge is -2.14. The summed E-state index contributed by atoms with van der Waals surface area (Å²) in [6.45, 7) is 0. The number of amides is 1. The minimum atomic E-state index is -3.74. The van der Waals surface area contributed by atoms with Crippen molar-refractivity contribution in [3.8, 4) is 0 Å². The second-order valence-corrected chi connectivity index (χ2v) is 7.45. The van der Waals surface area contributed by atoms with Crippen molar-refractivity contribution in [1.29, 1.82) is 0 Å². The number of aliphatic carboxylic acids is 1. The van der Waals surface area contributed by atoms with Gasteiger partial charge in [-0.3, -0.25) is 4.79 Å². The molecule has 1 amide bonds. The normalized spacial score (nSPS) is 12.8. The molecule has 0 aliphatic heterocycles. The van der Waals surface area contributed by atoms with E-state index in [1.165, 1.54) is 0 Å². The Balaban J connectivity index is 2.47. The maximum absolute atomic E-state index is 12.2. The molecule has 0 aliphatic carbocycles. The van der Waals surface area contributed by atoms with Crippen molar-refractivity contribution >= 4 is 21.7 Å². The van der Waals surface area contributed by atoms with Gasteiger partial charge in [0.05, 0.1) is 5.75 Å². The van der Waals surface area contributed by atoms with Crippen molar-refractivity contribution in [3.63, 3.8) is 0 Å². The molecule has 0 saturated heterocycles. The first-order valence-electron chi connectivity index (χ1n) is 7.24. The summed E-state index contributed by atoms with van der Waals surface area (Å²) in [7, 11) is -3.74. The standard InChI is InChI=1S/C15H19F2NO5S/c16-13(17)9-12(15(20)21)18-14(19)10-24(22,23)8-4-7-11-5-2-1-3-6-11/h1-3,5-6,12-13H,4,7-10H2,(H,18,19)(H,20,21). The molecule has 0 aliphatic rings. The van der Waals surface area contributed by atoms with E-state index in [2.05, 4.69) is 0 Å². The van der Waals surface area contributed by atoms with Crippen LogP contribution in [0.4, 0.5) is 8.78 Å². The van der Waals surface area contributed by atoms with E-state index >= 15 is 0 Å². The van der Waals surface area contributed by atoms with Gasteiger partial charge in [-0.2, -0.15) is 0 Å². The fourth-order valence-corrected chi connectivity index (χ4v) is 3.26. The topological polar surface area (TPSA) is 101 Å². The van der Waals surface area contributed by atoms with Crippen molar-refractivity contribution < 1.29 is 31.9 Å². The molecule has 0 fully saturated rings. The highest BCUT2D eigenvalue weighted by atomic mass is 32.2. The number of carbonyl (C=O) groups excluding carboxylic acids is 1. The van der Waals surface area contributed by atoms with Crippen LogP contribution in [0.2, 0.25) is 0 Å². The monoisotopic (exact) mass is 363 g/mol. The molecule has 2 N–H and O–H groups in total. The van der Waals surface area contributed by atoms with Gasteiger partial charge in [0.2, 0.25) is 12.3 Å². The molecule has 1 aromatic carbocycles. The predicted molar refractivity (Wildman–Crippen MR) is 83.6 cm³/mol. The Bertz CT molecular complexity index is 649. The molecule has 0 radical (unpaired) electrons. The lowest BCUT2D eigenvalue weighted by molar-refractivity contribution is -0.142. The van der Waals surface area contributed by atoms with E-state index in [4.69, 9.17) is 5.11 Å². The molecule has 1 aromatic rings. The SMILES string of the molecule is O=C(CS(=O)(=O)CCCc1ccccc1)NC(CC(F)F)C(=O)O. The number of aryl methyl sites for hydroxylation is 1. The van der Waals surface area contributed by atoms with E-state index in [-0.39, 0.29) is 5.75 Å². The van der Waals surface area contributed by atoms with Gasteiger partial charge in [-0.1, -0.05) is 30.3 Å². The van der Waals surface area contributed by atoms with Gasteiger partial charge in [0.1, 0.15) is 11.8 Å².